The molecular formula is C25H22FN5O2. The molecule has 1 unspecified atom stereocenters. The number of hydrogen-bond acceptors (Lipinski definition) is 3. The van der Waals surface area contributed by atoms with Crippen LogP contribution in [0.1, 0.15) is 27.8 Å². The number of anilines is 2. The molecule has 0 bridgehead atoms. The Labute approximate surface area is 190 Å². The molecule has 3 amide bonds. The van der Waals surface area contributed by atoms with Gasteiger partial charge in [0.2, 0.25) is 0 Å². The first-order chi connectivity index (χ1) is 16.0. The summed E-state index contributed by atoms with van der Waals surface area (Å²) in [5.74, 6) is -0.0681. The highest BCUT2D eigenvalue weighted by molar-refractivity contribution is 6.00. The zero-order valence-corrected chi connectivity index (χ0v) is 17.8. The number of benzene rings is 3. The van der Waals surface area contributed by atoms with Gasteiger partial charge in [-0.2, -0.15) is 0 Å². The van der Waals surface area contributed by atoms with Crippen LogP contribution in [-0.2, 0) is 7.05 Å². The highest BCUT2D eigenvalue weighted by Crippen LogP contribution is 2.22. The molecule has 0 radical (unpaired) electrons. The molecule has 0 spiro atoms. The molecule has 4 aromatic rings. The normalized spacial score (nSPS) is 11.5. The van der Waals surface area contributed by atoms with Gasteiger partial charge in [-0.3, -0.25) is 4.79 Å². The van der Waals surface area contributed by atoms with E-state index in [-0.39, 0.29) is 17.8 Å². The molecule has 0 saturated carbocycles. The molecule has 0 aliphatic rings. The van der Waals surface area contributed by atoms with Crippen molar-refractivity contribution in [2.45, 2.75) is 6.04 Å². The van der Waals surface area contributed by atoms with Crippen LogP contribution in [0.25, 0.3) is 0 Å². The Morgan fingerprint density at radius 2 is 1.52 bits per heavy atom. The smallest absolute Gasteiger partial charge is 0.323 e. The fourth-order valence-electron chi connectivity index (χ4n) is 3.34. The van der Waals surface area contributed by atoms with Gasteiger partial charge >= 0.3 is 6.03 Å². The van der Waals surface area contributed by atoms with Crippen molar-refractivity contribution in [3.8, 4) is 0 Å². The van der Waals surface area contributed by atoms with Gasteiger partial charge in [-0.25, -0.2) is 14.2 Å². The minimum Gasteiger partial charge on any atom is -0.338 e. The van der Waals surface area contributed by atoms with Crippen LogP contribution < -0.4 is 16.0 Å². The van der Waals surface area contributed by atoms with Crippen LogP contribution in [0.2, 0.25) is 0 Å². The second-order valence-electron chi connectivity index (χ2n) is 7.38. The van der Waals surface area contributed by atoms with E-state index in [9.17, 15) is 14.0 Å². The third kappa shape index (κ3) is 5.43. The lowest BCUT2D eigenvalue weighted by Crippen LogP contribution is -2.31. The summed E-state index contributed by atoms with van der Waals surface area (Å²) in [5, 5.41) is 8.42. The second kappa shape index (κ2) is 9.78. The van der Waals surface area contributed by atoms with Crippen molar-refractivity contribution >= 4 is 23.3 Å². The third-order valence-corrected chi connectivity index (χ3v) is 5.03. The number of aryl methyl sites for hydroxylation is 1. The van der Waals surface area contributed by atoms with Gasteiger partial charge in [0.05, 0.1) is 0 Å². The molecule has 7 nitrogen and oxygen atoms in total. The summed E-state index contributed by atoms with van der Waals surface area (Å²) in [4.78, 5) is 29.5. The molecule has 1 heterocycles. The van der Waals surface area contributed by atoms with Crippen LogP contribution >= 0.6 is 0 Å². The van der Waals surface area contributed by atoms with E-state index in [1.165, 1.54) is 12.1 Å². The number of nitrogens with zero attached hydrogens (tertiary/aromatic N) is 2. The SMILES string of the molecule is Cn1ccnc1C(NC(=O)c1ccc(NC(=O)Nc2ccccc2)cc1)c1ccc(F)cc1. The average molecular weight is 443 g/mol. The van der Waals surface area contributed by atoms with E-state index >= 15 is 0 Å². The Kier molecular flexibility index (Phi) is 6.45. The molecule has 166 valence electrons. The Balaban J connectivity index is 1.45. The van der Waals surface area contributed by atoms with Gasteiger partial charge in [0.15, 0.2) is 0 Å². The van der Waals surface area contributed by atoms with Crippen LogP contribution in [0.3, 0.4) is 0 Å². The minimum absolute atomic E-state index is 0.326. The minimum atomic E-state index is -0.562. The van der Waals surface area contributed by atoms with E-state index in [1.807, 2.05) is 25.2 Å². The maximum Gasteiger partial charge on any atom is 0.323 e. The molecule has 3 N–H and O–H groups in total. The molecule has 1 atom stereocenters. The number of imidazole rings is 1. The standard InChI is InChI=1S/C25H22FN5O2/c1-31-16-15-27-23(31)22(17-7-11-19(26)12-8-17)30-24(32)18-9-13-21(14-10-18)29-25(33)28-20-5-3-2-4-6-20/h2-16,22H,1H3,(H,30,32)(H2,28,29,33). The number of amides is 3. The largest absolute Gasteiger partial charge is 0.338 e. The first-order valence-corrected chi connectivity index (χ1v) is 10.3. The fourth-order valence-corrected chi connectivity index (χ4v) is 3.34. The van der Waals surface area contributed by atoms with Crippen molar-refractivity contribution < 1.29 is 14.0 Å². The lowest BCUT2D eigenvalue weighted by molar-refractivity contribution is 0.0941. The molecule has 3 aromatic carbocycles. The molecule has 0 aliphatic carbocycles. The second-order valence-corrected chi connectivity index (χ2v) is 7.38. The Bertz CT molecular complexity index is 1240. The van der Waals surface area contributed by atoms with E-state index in [0.717, 1.165) is 0 Å². The summed E-state index contributed by atoms with van der Waals surface area (Å²) >= 11 is 0. The third-order valence-electron chi connectivity index (χ3n) is 5.03. The van der Waals surface area contributed by atoms with Crippen molar-refractivity contribution in [3.05, 3.63) is 114 Å². The molecule has 0 saturated heterocycles. The van der Waals surface area contributed by atoms with E-state index in [2.05, 4.69) is 20.9 Å². The van der Waals surface area contributed by atoms with E-state index in [4.69, 9.17) is 0 Å². The monoisotopic (exact) mass is 443 g/mol. The first kappa shape index (κ1) is 21.8. The predicted molar refractivity (Wildman–Crippen MR) is 124 cm³/mol. The van der Waals surface area contributed by atoms with Gasteiger partial charge in [-0.1, -0.05) is 30.3 Å². The molecule has 0 aliphatic heterocycles. The molecular weight excluding hydrogens is 421 g/mol. The number of aromatic nitrogens is 2. The van der Waals surface area contributed by atoms with Crippen molar-refractivity contribution in [2.75, 3.05) is 10.6 Å². The van der Waals surface area contributed by atoms with Gasteiger partial charge in [0.25, 0.3) is 5.91 Å². The van der Waals surface area contributed by atoms with Crippen LogP contribution in [0.15, 0.2) is 91.3 Å². The fraction of sp³-hybridized carbons (Fsp3) is 0.0800. The summed E-state index contributed by atoms with van der Waals surface area (Å²) in [5.41, 5.74) is 2.33. The zero-order valence-electron chi connectivity index (χ0n) is 17.8. The highest BCUT2D eigenvalue weighted by atomic mass is 19.1. The number of carbonyl (C=O) groups is 2. The Morgan fingerprint density at radius 3 is 2.12 bits per heavy atom. The van der Waals surface area contributed by atoms with Crippen molar-refractivity contribution in [1.29, 1.82) is 0 Å². The van der Waals surface area contributed by atoms with Crippen LogP contribution in [0, 0.1) is 5.82 Å². The number of carbonyl (C=O) groups excluding carboxylic acids is 2. The Hall–Kier alpha value is -4.46. The Morgan fingerprint density at radius 1 is 0.879 bits per heavy atom. The summed E-state index contributed by atoms with van der Waals surface area (Å²) in [6, 6.07) is 20.6. The van der Waals surface area contributed by atoms with Gasteiger partial charge in [0, 0.05) is 36.4 Å². The molecule has 4 rings (SSSR count). The maximum atomic E-state index is 13.4. The van der Waals surface area contributed by atoms with Crippen molar-refractivity contribution in [3.63, 3.8) is 0 Å². The quantitative estimate of drug-likeness (QED) is 0.403. The summed E-state index contributed by atoms with van der Waals surface area (Å²) in [6.45, 7) is 0. The number of para-hydroxylation sites is 1. The number of rotatable bonds is 6. The number of halogens is 1. The van der Waals surface area contributed by atoms with Crippen LogP contribution in [0.5, 0.6) is 0 Å². The number of urea groups is 1. The zero-order chi connectivity index (χ0) is 23.2. The van der Waals surface area contributed by atoms with Crippen molar-refractivity contribution in [2.24, 2.45) is 7.05 Å². The number of hydrogen-bond donors (Lipinski definition) is 3. The van der Waals surface area contributed by atoms with Crippen LogP contribution in [-0.4, -0.2) is 21.5 Å². The summed E-state index contributed by atoms with van der Waals surface area (Å²) < 4.78 is 15.2. The highest BCUT2D eigenvalue weighted by Gasteiger charge is 2.21. The molecule has 33 heavy (non-hydrogen) atoms. The number of nitrogens with one attached hydrogen (secondary N) is 3. The lowest BCUT2D eigenvalue weighted by Gasteiger charge is -2.19. The van der Waals surface area contributed by atoms with Gasteiger partial charge < -0.3 is 20.5 Å². The van der Waals surface area contributed by atoms with Gasteiger partial charge in [-0.15, -0.1) is 0 Å². The first-order valence-electron chi connectivity index (χ1n) is 10.3. The lowest BCUT2D eigenvalue weighted by atomic mass is 10.0. The van der Waals surface area contributed by atoms with Gasteiger partial charge in [0.1, 0.15) is 17.7 Å². The summed E-state index contributed by atoms with van der Waals surface area (Å²) in [7, 11) is 1.83. The molecule has 0 fully saturated rings. The molecule has 1 aromatic heterocycles. The summed E-state index contributed by atoms with van der Waals surface area (Å²) in [6.07, 6.45) is 3.41. The van der Waals surface area contributed by atoms with E-state index in [1.54, 1.807) is 65.5 Å². The van der Waals surface area contributed by atoms with Crippen LogP contribution in [0.4, 0.5) is 20.6 Å². The molecule has 8 heteroatoms. The van der Waals surface area contributed by atoms with E-state index in [0.29, 0.717) is 28.3 Å². The van der Waals surface area contributed by atoms with Gasteiger partial charge in [-0.05, 0) is 54.1 Å². The van der Waals surface area contributed by atoms with E-state index < -0.39 is 6.04 Å². The maximum absolute atomic E-state index is 13.4. The predicted octanol–water partition coefficient (Wildman–Crippen LogP) is 4.72. The topological polar surface area (TPSA) is 88.1 Å². The van der Waals surface area contributed by atoms with Crippen molar-refractivity contribution in [1.82, 2.24) is 14.9 Å². The average Bonchev–Trinajstić information content (AvgIpc) is 3.24.